The van der Waals surface area contributed by atoms with Crippen molar-refractivity contribution in [3.05, 3.63) is 88.2 Å². The number of benzene rings is 3. The fraction of sp³-hybridized carbons (Fsp3) is 0. The van der Waals surface area contributed by atoms with Gasteiger partial charge in [0.1, 0.15) is 5.82 Å². The smallest absolute Gasteiger partial charge is 0.131 e. The van der Waals surface area contributed by atoms with E-state index >= 15 is 0 Å². The van der Waals surface area contributed by atoms with E-state index in [1.54, 1.807) is 6.07 Å². The second-order valence-corrected chi connectivity index (χ2v) is 6.54. The molecule has 2 nitrogen and oxygen atoms in total. The number of imidazole rings is 1. The van der Waals surface area contributed by atoms with Crippen LogP contribution in [0, 0.1) is 0 Å². The van der Waals surface area contributed by atoms with Gasteiger partial charge in [0.15, 0.2) is 0 Å². The number of nitrogens with zero attached hydrogens (tertiary/aromatic N) is 1. The van der Waals surface area contributed by atoms with Crippen molar-refractivity contribution >= 4 is 46.4 Å². The predicted octanol–water partition coefficient (Wildman–Crippen LogP) is 6.71. The molecule has 0 atom stereocenters. The standard InChI is InChI=1S/C21H14Cl2N2/c22-17-9-6-14(12-18(17)23)7-11-21-24-19-10-8-16(13-20(19)25-21)15-4-2-1-3-5-15/h1-13H,(H,24,25)/b11-7+. The molecule has 4 rings (SSSR count). The maximum atomic E-state index is 6.05. The summed E-state index contributed by atoms with van der Waals surface area (Å²) in [5, 5.41) is 1.09. The molecule has 122 valence electrons. The molecule has 4 heteroatoms. The summed E-state index contributed by atoms with van der Waals surface area (Å²) >= 11 is 12.0. The Bertz CT molecular complexity index is 1070. The van der Waals surface area contributed by atoms with Crippen LogP contribution in [0.1, 0.15) is 11.4 Å². The Hall–Kier alpha value is -2.55. The summed E-state index contributed by atoms with van der Waals surface area (Å²) in [4.78, 5) is 7.95. The molecule has 0 bridgehead atoms. The van der Waals surface area contributed by atoms with Crippen LogP contribution >= 0.6 is 23.2 Å². The summed E-state index contributed by atoms with van der Waals surface area (Å²) in [6.07, 6.45) is 3.89. The molecule has 1 heterocycles. The first kappa shape index (κ1) is 15.9. The van der Waals surface area contributed by atoms with Crippen molar-refractivity contribution in [2.75, 3.05) is 0 Å². The average molecular weight is 365 g/mol. The van der Waals surface area contributed by atoms with Crippen LogP contribution in [0.15, 0.2) is 66.7 Å². The van der Waals surface area contributed by atoms with Crippen molar-refractivity contribution < 1.29 is 0 Å². The molecule has 1 aromatic heterocycles. The average Bonchev–Trinajstić information content (AvgIpc) is 3.05. The Morgan fingerprint density at radius 3 is 2.40 bits per heavy atom. The van der Waals surface area contributed by atoms with Crippen LogP contribution in [0.3, 0.4) is 0 Å². The molecule has 0 fully saturated rings. The molecular formula is C21H14Cl2N2. The van der Waals surface area contributed by atoms with Crippen molar-refractivity contribution in [3.63, 3.8) is 0 Å². The molecule has 0 aliphatic carbocycles. The van der Waals surface area contributed by atoms with Crippen LogP contribution in [-0.4, -0.2) is 9.97 Å². The third-order valence-corrected chi connectivity index (χ3v) is 4.72. The third kappa shape index (κ3) is 3.46. The first-order valence-electron chi connectivity index (χ1n) is 7.87. The summed E-state index contributed by atoms with van der Waals surface area (Å²) in [6, 6.07) is 22.1. The first-order valence-corrected chi connectivity index (χ1v) is 8.63. The first-order chi connectivity index (χ1) is 12.2. The van der Waals surface area contributed by atoms with E-state index in [4.69, 9.17) is 23.2 Å². The SMILES string of the molecule is Clc1ccc(/C=C/c2nc3ccc(-c4ccccc4)cc3[nH]2)cc1Cl. The topological polar surface area (TPSA) is 28.7 Å². The van der Waals surface area contributed by atoms with Gasteiger partial charge in [0, 0.05) is 0 Å². The number of halogens is 2. The zero-order chi connectivity index (χ0) is 17.2. The quantitative estimate of drug-likeness (QED) is 0.430. The molecule has 25 heavy (non-hydrogen) atoms. The van der Waals surface area contributed by atoms with Crippen LogP contribution in [-0.2, 0) is 0 Å². The molecule has 4 aromatic rings. The number of fused-ring (bicyclic) bond motifs is 1. The highest BCUT2D eigenvalue weighted by Gasteiger charge is 2.04. The van der Waals surface area contributed by atoms with Gasteiger partial charge in [-0.25, -0.2) is 4.98 Å². The van der Waals surface area contributed by atoms with Crippen molar-refractivity contribution in [1.29, 1.82) is 0 Å². The van der Waals surface area contributed by atoms with E-state index in [1.807, 2.05) is 48.6 Å². The number of rotatable bonds is 3. The minimum Gasteiger partial charge on any atom is -0.338 e. The fourth-order valence-corrected chi connectivity index (χ4v) is 3.02. The highest BCUT2D eigenvalue weighted by molar-refractivity contribution is 6.42. The molecule has 0 aliphatic heterocycles. The molecular weight excluding hydrogens is 351 g/mol. The maximum absolute atomic E-state index is 6.05. The number of aromatic nitrogens is 2. The Kier molecular flexibility index (Phi) is 4.31. The van der Waals surface area contributed by atoms with Crippen molar-refractivity contribution in [2.24, 2.45) is 0 Å². The lowest BCUT2D eigenvalue weighted by Crippen LogP contribution is -1.77. The van der Waals surface area contributed by atoms with E-state index < -0.39 is 0 Å². The Balaban J connectivity index is 1.65. The maximum Gasteiger partial charge on any atom is 0.131 e. The summed E-state index contributed by atoms with van der Waals surface area (Å²) in [7, 11) is 0. The van der Waals surface area contributed by atoms with Gasteiger partial charge in [-0.2, -0.15) is 0 Å². The predicted molar refractivity (Wildman–Crippen MR) is 107 cm³/mol. The lowest BCUT2D eigenvalue weighted by molar-refractivity contribution is 1.29. The molecule has 0 unspecified atom stereocenters. The molecule has 0 aliphatic rings. The third-order valence-electron chi connectivity index (χ3n) is 3.98. The highest BCUT2D eigenvalue weighted by atomic mass is 35.5. The zero-order valence-electron chi connectivity index (χ0n) is 13.2. The molecule has 0 saturated heterocycles. The normalized spacial score (nSPS) is 11.4. The van der Waals surface area contributed by atoms with Gasteiger partial charge in [-0.1, -0.05) is 71.7 Å². The van der Waals surface area contributed by atoms with Gasteiger partial charge in [-0.15, -0.1) is 0 Å². The van der Waals surface area contributed by atoms with Crippen LogP contribution in [0.25, 0.3) is 34.3 Å². The Morgan fingerprint density at radius 2 is 1.60 bits per heavy atom. The molecule has 0 saturated carbocycles. The number of H-pyrrole nitrogens is 1. The van der Waals surface area contributed by atoms with E-state index in [1.165, 1.54) is 5.56 Å². The van der Waals surface area contributed by atoms with Gasteiger partial charge in [0.2, 0.25) is 0 Å². The molecule has 0 amide bonds. The lowest BCUT2D eigenvalue weighted by Gasteiger charge is -2.00. The minimum absolute atomic E-state index is 0.543. The number of nitrogens with one attached hydrogen (secondary N) is 1. The molecule has 0 spiro atoms. The number of hydrogen-bond donors (Lipinski definition) is 1. The molecule has 3 aromatic carbocycles. The molecule has 0 radical (unpaired) electrons. The summed E-state index contributed by atoms with van der Waals surface area (Å²) < 4.78 is 0. The minimum atomic E-state index is 0.543. The second kappa shape index (κ2) is 6.75. The van der Waals surface area contributed by atoms with Gasteiger partial charge in [-0.05, 0) is 47.0 Å². The largest absolute Gasteiger partial charge is 0.338 e. The monoisotopic (exact) mass is 364 g/mol. The number of aromatic amines is 1. The van der Waals surface area contributed by atoms with Gasteiger partial charge in [0.25, 0.3) is 0 Å². The summed E-state index contributed by atoms with van der Waals surface area (Å²) in [5.41, 5.74) is 5.27. The van der Waals surface area contributed by atoms with Gasteiger partial charge < -0.3 is 4.98 Å². The summed E-state index contributed by atoms with van der Waals surface area (Å²) in [6.45, 7) is 0. The fourth-order valence-electron chi connectivity index (χ4n) is 2.71. The number of hydrogen-bond acceptors (Lipinski definition) is 1. The van der Waals surface area contributed by atoms with Gasteiger partial charge in [-0.3, -0.25) is 0 Å². The van der Waals surface area contributed by atoms with E-state index in [2.05, 4.69) is 34.2 Å². The van der Waals surface area contributed by atoms with E-state index in [9.17, 15) is 0 Å². The van der Waals surface area contributed by atoms with Crippen LogP contribution in [0.4, 0.5) is 0 Å². The van der Waals surface area contributed by atoms with E-state index in [0.717, 1.165) is 28.0 Å². The van der Waals surface area contributed by atoms with Crippen LogP contribution < -0.4 is 0 Å². The second-order valence-electron chi connectivity index (χ2n) is 5.73. The van der Waals surface area contributed by atoms with Crippen molar-refractivity contribution in [1.82, 2.24) is 9.97 Å². The Labute approximate surface area is 155 Å². The van der Waals surface area contributed by atoms with E-state index in [-0.39, 0.29) is 0 Å². The summed E-state index contributed by atoms with van der Waals surface area (Å²) in [5.74, 6) is 0.797. The van der Waals surface area contributed by atoms with Crippen molar-refractivity contribution in [2.45, 2.75) is 0 Å². The van der Waals surface area contributed by atoms with Crippen LogP contribution in [0.2, 0.25) is 10.0 Å². The molecule has 1 N–H and O–H groups in total. The van der Waals surface area contributed by atoms with Crippen LogP contribution in [0.5, 0.6) is 0 Å². The van der Waals surface area contributed by atoms with Gasteiger partial charge in [0.05, 0.1) is 21.1 Å². The zero-order valence-corrected chi connectivity index (χ0v) is 14.7. The van der Waals surface area contributed by atoms with Crippen molar-refractivity contribution in [3.8, 4) is 11.1 Å². The highest BCUT2D eigenvalue weighted by Crippen LogP contribution is 2.25. The lowest BCUT2D eigenvalue weighted by atomic mass is 10.1. The van der Waals surface area contributed by atoms with E-state index in [0.29, 0.717) is 10.0 Å². The van der Waals surface area contributed by atoms with Gasteiger partial charge >= 0.3 is 0 Å². The Morgan fingerprint density at radius 1 is 0.760 bits per heavy atom.